The summed E-state index contributed by atoms with van der Waals surface area (Å²) in [6, 6.07) is 14.2. The minimum absolute atomic E-state index is 0.0831. The molecule has 26 heavy (non-hydrogen) atoms. The van der Waals surface area contributed by atoms with Gasteiger partial charge in [0.05, 0.1) is 18.1 Å². The van der Waals surface area contributed by atoms with E-state index in [1.165, 1.54) is 12.1 Å². The fraction of sp³-hybridized carbons (Fsp3) is 0.368. The Hall–Kier alpha value is -1.38. The fourth-order valence-corrected chi connectivity index (χ4v) is 7.59. The minimum Gasteiger partial charge on any atom is -0.395 e. The van der Waals surface area contributed by atoms with Crippen molar-refractivity contribution >= 4 is 20.4 Å². The Kier molecular flexibility index (Phi) is 7.25. The predicted molar refractivity (Wildman–Crippen MR) is 106 cm³/mol. The van der Waals surface area contributed by atoms with Gasteiger partial charge < -0.3 is 10.2 Å². The molecule has 0 aliphatic rings. The normalized spacial score (nSPS) is 12.9. The molecule has 2 aromatic rings. The van der Waals surface area contributed by atoms with Crippen LogP contribution in [0.3, 0.4) is 0 Å². The van der Waals surface area contributed by atoms with Crippen molar-refractivity contribution in [2.24, 2.45) is 0 Å². The van der Waals surface area contributed by atoms with Crippen molar-refractivity contribution in [2.45, 2.75) is 24.5 Å². The highest BCUT2D eigenvalue weighted by Crippen LogP contribution is 2.53. The molecular formula is C19H26O5S2. The Labute approximate surface area is 157 Å². The zero-order valence-electron chi connectivity index (χ0n) is 15.1. The van der Waals surface area contributed by atoms with E-state index in [2.05, 4.69) is 0 Å². The molecule has 0 aliphatic carbocycles. The summed E-state index contributed by atoms with van der Waals surface area (Å²) in [5.41, 5.74) is 2.98. The van der Waals surface area contributed by atoms with E-state index in [0.29, 0.717) is 5.75 Å². The maximum Gasteiger partial charge on any atom is 0.306 e. The molecule has 2 rings (SSSR count). The van der Waals surface area contributed by atoms with Crippen molar-refractivity contribution in [3.63, 3.8) is 0 Å². The number of hydrogen-bond donors (Lipinski definition) is 2. The molecule has 0 fully saturated rings. The number of aliphatic hydroxyl groups excluding tert-OH is 2. The van der Waals surface area contributed by atoms with Gasteiger partial charge in [0.2, 0.25) is 0 Å². The van der Waals surface area contributed by atoms with Crippen molar-refractivity contribution in [1.82, 2.24) is 0 Å². The summed E-state index contributed by atoms with van der Waals surface area (Å²) in [4.78, 5) is 0.0831. The summed E-state index contributed by atoms with van der Waals surface area (Å²) in [6.07, 6.45) is 0. The fourth-order valence-electron chi connectivity index (χ4n) is 2.59. The lowest BCUT2D eigenvalue weighted by Crippen LogP contribution is -2.23. The lowest BCUT2D eigenvalue weighted by atomic mass is 10.2. The van der Waals surface area contributed by atoms with Crippen LogP contribution in [0.25, 0.3) is 0 Å². The molecule has 0 aliphatic heterocycles. The second-order valence-electron chi connectivity index (χ2n) is 6.29. The monoisotopic (exact) mass is 398 g/mol. The largest absolute Gasteiger partial charge is 0.395 e. The van der Waals surface area contributed by atoms with Crippen molar-refractivity contribution in [2.75, 3.05) is 24.7 Å². The van der Waals surface area contributed by atoms with Crippen molar-refractivity contribution in [3.05, 3.63) is 65.2 Å². The van der Waals surface area contributed by atoms with Gasteiger partial charge in [-0.15, -0.1) is 10.3 Å². The molecule has 5 nitrogen and oxygen atoms in total. The summed E-state index contributed by atoms with van der Waals surface area (Å²) in [5.74, 6) is 0.735. The highest BCUT2D eigenvalue weighted by Gasteiger charge is 2.32. The SMILES string of the molecule is Cc1ccc(CS(CCO)(CCO)OS(=O)(=O)c2ccc(C)cc2)cc1. The van der Waals surface area contributed by atoms with Crippen LogP contribution >= 0.6 is 10.3 Å². The molecule has 2 aromatic carbocycles. The van der Waals surface area contributed by atoms with Gasteiger partial charge >= 0.3 is 10.1 Å². The molecule has 7 heteroatoms. The van der Waals surface area contributed by atoms with Crippen LogP contribution in [-0.4, -0.2) is 43.4 Å². The molecule has 0 amide bonds. The van der Waals surface area contributed by atoms with E-state index in [-0.39, 0.29) is 29.6 Å². The first kappa shape index (κ1) is 20.9. The van der Waals surface area contributed by atoms with Crippen LogP contribution in [0, 0.1) is 13.8 Å². The predicted octanol–water partition coefficient (Wildman–Crippen LogP) is 2.91. The van der Waals surface area contributed by atoms with Gasteiger partial charge in [-0.25, -0.2) is 3.63 Å². The number of aryl methyl sites for hydroxylation is 2. The summed E-state index contributed by atoms with van der Waals surface area (Å²) in [7, 11) is -6.26. The van der Waals surface area contributed by atoms with Gasteiger partial charge in [0.25, 0.3) is 0 Å². The topological polar surface area (TPSA) is 83.8 Å². The Morgan fingerprint density at radius 3 is 1.73 bits per heavy atom. The van der Waals surface area contributed by atoms with Gasteiger partial charge in [-0.05, 0) is 31.5 Å². The van der Waals surface area contributed by atoms with E-state index in [9.17, 15) is 18.6 Å². The van der Waals surface area contributed by atoms with Crippen molar-refractivity contribution < 1.29 is 22.3 Å². The molecule has 0 atom stereocenters. The first-order chi connectivity index (χ1) is 12.3. The molecule has 0 aromatic heterocycles. The standard InChI is InChI=1S/C19H26O5S2/c1-16-3-7-18(8-4-16)15-25(13-11-20,14-12-21)24-26(22,23)19-9-5-17(2)6-10-19/h3-10,20-21H,11-15H2,1-2H3. The molecular weight excluding hydrogens is 372 g/mol. The van der Waals surface area contributed by atoms with Gasteiger partial charge in [-0.1, -0.05) is 47.5 Å². The molecule has 0 unspecified atom stereocenters. The third kappa shape index (κ3) is 5.56. The van der Waals surface area contributed by atoms with E-state index in [1.807, 2.05) is 38.1 Å². The number of rotatable bonds is 9. The maximum atomic E-state index is 12.8. The van der Waals surface area contributed by atoms with E-state index in [0.717, 1.165) is 16.7 Å². The molecule has 2 N–H and O–H groups in total. The highest BCUT2D eigenvalue weighted by atomic mass is 32.3. The molecule has 0 spiro atoms. The Morgan fingerprint density at radius 1 is 0.808 bits per heavy atom. The molecule has 0 radical (unpaired) electrons. The van der Waals surface area contributed by atoms with Gasteiger partial charge in [0.15, 0.2) is 0 Å². The number of benzene rings is 2. The van der Waals surface area contributed by atoms with Gasteiger partial charge in [0, 0.05) is 17.3 Å². The van der Waals surface area contributed by atoms with E-state index < -0.39 is 20.4 Å². The minimum atomic E-state index is -3.99. The first-order valence-corrected chi connectivity index (χ1v) is 11.8. The Morgan fingerprint density at radius 2 is 1.27 bits per heavy atom. The van der Waals surface area contributed by atoms with Crippen LogP contribution in [0.5, 0.6) is 0 Å². The van der Waals surface area contributed by atoms with Crippen LogP contribution < -0.4 is 0 Å². The number of hydrogen-bond acceptors (Lipinski definition) is 5. The highest BCUT2D eigenvalue weighted by molar-refractivity contribution is 8.32. The third-order valence-corrected chi connectivity index (χ3v) is 9.45. The third-order valence-electron chi connectivity index (χ3n) is 4.02. The molecule has 0 saturated carbocycles. The van der Waals surface area contributed by atoms with Gasteiger partial charge in [0.1, 0.15) is 0 Å². The molecule has 0 heterocycles. The van der Waals surface area contributed by atoms with E-state index in [1.54, 1.807) is 12.1 Å². The van der Waals surface area contributed by atoms with Gasteiger partial charge in [-0.2, -0.15) is 8.42 Å². The van der Waals surface area contributed by atoms with Crippen LogP contribution in [0.4, 0.5) is 0 Å². The zero-order valence-corrected chi connectivity index (χ0v) is 16.7. The van der Waals surface area contributed by atoms with Crippen LogP contribution in [-0.2, 0) is 19.5 Å². The molecule has 144 valence electrons. The van der Waals surface area contributed by atoms with Gasteiger partial charge in [-0.3, -0.25) is 0 Å². The average Bonchev–Trinajstić information content (AvgIpc) is 2.57. The summed E-state index contributed by atoms with van der Waals surface area (Å²) < 4.78 is 31.3. The summed E-state index contributed by atoms with van der Waals surface area (Å²) >= 11 is 0. The molecule has 0 bridgehead atoms. The first-order valence-electron chi connectivity index (χ1n) is 8.37. The quantitative estimate of drug-likeness (QED) is 0.679. The van der Waals surface area contributed by atoms with Crippen molar-refractivity contribution in [1.29, 1.82) is 0 Å². The second-order valence-corrected chi connectivity index (χ2v) is 11.2. The average molecular weight is 399 g/mol. The van der Waals surface area contributed by atoms with Crippen LogP contribution in [0.15, 0.2) is 53.4 Å². The Bertz CT molecular complexity index is 793. The Balaban J connectivity index is 2.36. The molecule has 0 saturated heterocycles. The number of aliphatic hydroxyl groups is 2. The van der Waals surface area contributed by atoms with E-state index >= 15 is 0 Å². The van der Waals surface area contributed by atoms with E-state index in [4.69, 9.17) is 3.63 Å². The summed E-state index contributed by atoms with van der Waals surface area (Å²) in [6.45, 7) is 3.45. The maximum absolute atomic E-state index is 12.8. The lowest BCUT2D eigenvalue weighted by molar-refractivity contribution is 0.312. The smallest absolute Gasteiger partial charge is 0.306 e. The van der Waals surface area contributed by atoms with Crippen LogP contribution in [0.1, 0.15) is 16.7 Å². The second kappa shape index (κ2) is 9.01. The van der Waals surface area contributed by atoms with Crippen molar-refractivity contribution in [3.8, 4) is 0 Å². The lowest BCUT2D eigenvalue weighted by Gasteiger charge is -2.37. The van der Waals surface area contributed by atoms with Crippen LogP contribution in [0.2, 0.25) is 0 Å². The zero-order chi connectivity index (χ0) is 19.2. The summed E-state index contributed by atoms with van der Waals surface area (Å²) in [5, 5.41) is 19.0.